The largest absolute Gasteiger partial charge is 0.496 e. The maximum Gasteiger partial charge on any atom is 0.339 e. The van der Waals surface area contributed by atoms with Crippen LogP contribution < -0.4 is 10.1 Å². The molecule has 184 valence electrons. The molecule has 1 heterocycles. The van der Waals surface area contributed by atoms with Gasteiger partial charge < -0.3 is 14.8 Å². The maximum absolute atomic E-state index is 13.0. The van der Waals surface area contributed by atoms with E-state index in [0.717, 1.165) is 27.4 Å². The van der Waals surface area contributed by atoms with E-state index in [1.165, 1.54) is 25.3 Å². The lowest BCUT2D eigenvalue weighted by Crippen LogP contribution is -2.36. The van der Waals surface area contributed by atoms with Crippen molar-refractivity contribution in [3.63, 3.8) is 0 Å². The van der Waals surface area contributed by atoms with Crippen LogP contribution in [-0.4, -0.2) is 48.2 Å². The van der Waals surface area contributed by atoms with Crippen molar-refractivity contribution in [2.24, 2.45) is 0 Å². The van der Waals surface area contributed by atoms with Crippen LogP contribution in [0.1, 0.15) is 22.8 Å². The van der Waals surface area contributed by atoms with Gasteiger partial charge in [-0.3, -0.25) is 19.3 Å². The molecule has 0 saturated carbocycles. The third kappa shape index (κ3) is 5.22. The van der Waals surface area contributed by atoms with Crippen molar-refractivity contribution in [3.05, 3.63) is 75.7 Å². The summed E-state index contributed by atoms with van der Waals surface area (Å²) < 4.78 is 10.4. The zero-order chi connectivity index (χ0) is 25.8. The summed E-state index contributed by atoms with van der Waals surface area (Å²) in [4.78, 5) is 51.3. The smallest absolute Gasteiger partial charge is 0.339 e. The van der Waals surface area contributed by atoms with Gasteiger partial charge in [0.15, 0.2) is 0 Å². The minimum Gasteiger partial charge on any atom is -0.496 e. The van der Waals surface area contributed by atoms with Crippen LogP contribution in [-0.2, 0) is 14.3 Å². The predicted molar refractivity (Wildman–Crippen MR) is 139 cm³/mol. The van der Waals surface area contributed by atoms with Crippen molar-refractivity contribution in [1.29, 1.82) is 0 Å². The predicted octanol–water partition coefficient (Wildman–Crippen LogP) is 5.35. The average Bonchev–Trinajstić information content (AvgIpc) is 3.12. The van der Waals surface area contributed by atoms with E-state index in [1.807, 2.05) is 30.3 Å². The zero-order valence-electron chi connectivity index (χ0n) is 19.4. The molecule has 4 rings (SSSR count). The number of nitrogens with one attached hydrogen (secondary N) is 1. The molecule has 0 aromatic heterocycles. The van der Waals surface area contributed by atoms with Crippen LogP contribution in [0.5, 0.6) is 5.75 Å². The number of hydrogen-bond donors (Lipinski definition) is 1. The molecular formula is C26H21ClN2O6S. The first-order chi connectivity index (χ1) is 17.3. The number of hydrogen-bond acceptors (Lipinski definition) is 7. The van der Waals surface area contributed by atoms with Gasteiger partial charge in [-0.25, -0.2) is 4.79 Å². The highest BCUT2D eigenvalue weighted by atomic mass is 35.5. The summed E-state index contributed by atoms with van der Waals surface area (Å²) in [6, 6.07) is 15.6. The second kappa shape index (κ2) is 10.8. The van der Waals surface area contributed by atoms with E-state index in [0.29, 0.717) is 11.3 Å². The van der Waals surface area contributed by atoms with Crippen molar-refractivity contribution in [3.8, 4) is 5.75 Å². The molecule has 1 saturated heterocycles. The number of methoxy groups -OCH3 is 1. The van der Waals surface area contributed by atoms with Gasteiger partial charge in [-0.2, -0.15) is 0 Å². The van der Waals surface area contributed by atoms with E-state index in [1.54, 1.807) is 19.1 Å². The number of amides is 3. The number of anilines is 1. The van der Waals surface area contributed by atoms with Crippen molar-refractivity contribution < 1.29 is 28.7 Å². The van der Waals surface area contributed by atoms with Crippen LogP contribution in [0.3, 0.4) is 0 Å². The second-order valence-electron chi connectivity index (χ2n) is 7.63. The Morgan fingerprint density at radius 1 is 1.11 bits per heavy atom. The summed E-state index contributed by atoms with van der Waals surface area (Å²) in [6.07, 6.45) is 1.61. The Balaban J connectivity index is 1.53. The number of benzene rings is 3. The summed E-state index contributed by atoms with van der Waals surface area (Å²) in [6.45, 7) is 1.34. The molecule has 0 atom stereocenters. The van der Waals surface area contributed by atoms with Crippen LogP contribution >= 0.6 is 23.4 Å². The molecule has 3 aromatic carbocycles. The van der Waals surface area contributed by atoms with Gasteiger partial charge in [0.25, 0.3) is 11.1 Å². The number of carbonyl (C=O) groups is 4. The van der Waals surface area contributed by atoms with Gasteiger partial charge in [-0.1, -0.05) is 41.9 Å². The molecule has 0 bridgehead atoms. The van der Waals surface area contributed by atoms with Gasteiger partial charge in [0.2, 0.25) is 5.91 Å². The molecule has 1 fully saturated rings. The molecule has 1 aliphatic heterocycles. The molecular weight excluding hydrogens is 504 g/mol. The van der Waals surface area contributed by atoms with E-state index in [4.69, 9.17) is 21.1 Å². The van der Waals surface area contributed by atoms with E-state index >= 15 is 0 Å². The minimum absolute atomic E-state index is 0.0921. The highest BCUT2D eigenvalue weighted by molar-refractivity contribution is 8.18. The number of fused-ring (bicyclic) bond motifs is 1. The number of halogens is 1. The first kappa shape index (κ1) is 25.3. The van der Waals surface area contributed by atoms with Gasteiger partial charge in [-0.05, 0) is 59.8 Å². The SMILES string of the molecule is CCOC(=O)c1cc(NC(=O)CN2C(=O)S/C(=C/c3c(OC)ccc4ccccc34)C2=O)ccc1Cl. The van der Waals surface area contributed by atoms with Crippen molar-refractivity contribution in [2.75, 3.05) is 25.6 Å². The first-order valence-electron chi connectivity index (χ1n) is 10.9. The van der Waals surface area contributed by atoms with E-state index in [2.05, 4.69) is 5.32 Å². The highest BCUT2D eigenvalue weighted by Crippen LogP contribution is 2.36. The third-order valence-electron chi connectivity index (χ3n) is 5.35. The fraction of sp³-hybridized carbons (Fsp3) is 0.154. The lowest BCUT2D eigenvalue weighted by Gasteiger charge is -2.13. The molecule has 10 heteroatoms. The van der Waals surface area contributed by atoms with Gasteiger partial charge in [-0.15, -0.1) is 0 Å². The fourth-order valence-corrected chi connectivity index (χ4v) is 4.70. The Bertz CT molecular complexity index is 1420. The molecule has 1 aliphatic rings. The highest BCUT2D eigenvalue weighted by Gasteiger charge is 2.36. The molecule has 36 heavy (non-hydrogen) atoms. The van der Waals surface area contributed by atoms with Crippen molar-refractivity contribution in [2.45, 2.75) is 6.92 Å². The van der Waals surface area contributed by atoms with E-state index in [9.17, 15) is 19.2 Å². The molecule has 0 spiro atoms. The maximum atomic E-state index is 13.0. The molecule has 1 N–H and O–H groups in total. The summed E-state index contributed by atoms with van der Waals surface area (Å²) in [5.41, 5.74) is 1.03. The summed E-state index contributed by atoms with van der Waals surface area (Å²) >= 11 is 6.80. The van der Waals surface area contributed by atoms with Gasteiger partial charge in [0.05, 0.1) is 29.2 Å². The molecule has 3 amide bonds. The standard InChI is InChI=1S/C26H21ClN2O6S/c1-3-35-25(32)19-12-16(9-10-20(19)27)28-23(30)14-29-24(31)22(36-26(29)33)13-18-17-7-5-4-6-15(17)8-11-21(18)34-2/h4-13H,3,14H2,1-2H3,(H,28,30)/b22-13+. The molecule has 3 aromatic rings. The van der Waals surface area contributed by atoms with Gasteiger partial charge >= 0.3 is 5.97 Å². The minimum atomic E-state index is -0.626. The van der Waals surface area contributed by atoms with Gasteiger partial charge in [0, 0.05) is 11.3 Å². The first-order valence-corrected chi connectivity index (χ1v) is 12.1. The van der Waals surface area contributed by atoms with Crippen LogP contribution in [0, 0.1) is 0 Å². The molecule has 8 nitrogen and oxygen atoms in total. The van der Waals surface area contributed by atoms with Crippen molar-refractivity contribution >= 4 is 68.9 Å². The Labute approximate surface area is 216 Å². The van der Waals surface area contributed by atoms with E-state index < -0.39 is 29.6 Å². The number of nitrogens with zero attached hydrogens (tertiary/aromatic N) is 1. The number of carbonyl (C=O) groups excluding carboxylic acids is 4. The number of ether oxygens (including phenoxy) is 2. The Morgan fingerprint density at radius 2 is 1.89 bits per heavy atom. The van der Waals surface area contributed by atoms with Crippen LogP contribution in [0.15, 0.2) is 59.5 Å². The summed E-state index contributed by atoms with van der Waals surface area (Å²) in [7, 11) is 1.53. The number of esters is 1. The van der Waals surface area contributed by atoms with Crippen LogP contribution in [0.4, 0.5) is 10.5 Å². The number of imide groups is 1. The molecule has 0 aliphatic carbocycles. The third-order valence-corrected chi connectivity index (χ3v) is 6.58. The molecule has 0 unspecified atom stereocenters. The molecule has 0 radical (unpaired) electrons. The lowest BCUT2D eigenvalue weighted by atomic mass is 10.0. The topological polar surface area (TPSA) is 102 Å². The summed E-state index contributed by atoms with van der Waals surface area (Å²) in [5, 5.41) is 4.00. The number of rotatable bonds is 7. The lowest BCUT2D eigenvalue weighted by molar-refractivity contribution is -0.127. The van der Waals surface area contributed by atoms with Gasteiger partial charge in [0.1, 0.15) is 12.3 Å². The Hall–Kier alpha value is -3.82. The second-order valence-corrected chi connectivity index (χ2v) is 9.03. The summed E-state index contributed by atoms with van der Waals surface area (Å²) in [5.74, 6) is -1.27. The monoisotopic (exact) mass is 524 g/mol. The quantitative estimate of drug-likeness (QED) is 0.328. The van der Waals surface area contributed by atoms with E-state index in [-0.39, 0.29) is 27.8 Å². The Kier molecular flexibility index (Phi) is 7.61. The normalized spacial score (nSPS) is 14.4. The Morgan fingerprint density at radius 3 is 2.64 bits per heavy atom. The fourth-order valence-electron chi connectivity index (χ4n) is 3.68. The zero-order valence-corrected chi connectivity index (χ0v) is 20.9. The van der Waals surface area contributed by atoms with Crippen LogP contribution in [0.25, 0.3) is 16.8 Å². The van der Waals surface area contributed by atoms with Crippen molar-refractivity contribution in [1.82, 2.24) is 4.90 Å². The number of thioether (sulfide) groups is 1. The average molecular weight is 525 g/mol. The van der Waals surface area contributed by atoms with Crippen LogP contribution in [0.2, 0.25) is 5.02 Å².